The van der Waals surface area contributed by atoms with Gasteiger partial charge in [-0.2, -0.15) is 0 Å². The lowest BCUT2D eigenvalue weighted by atomic mass is 10.0. The summed E-state index contributed by atoms with van der Waals surface area (Å²) >= 11 is 7.21. The molecule has 0 saturated carbocycles. The van der Waals surface area contributed by atoms with Gasteiger partial charge in [-0.25, -0.2) is 0 Å². The fourth-order valence-electron chi connectivity index (χ4n) is 2.65. The Bertz CT molecular complexity index is 1010. The van der Waals surface area contributed by atoms with Crippen LogP contribution in [0.2, 0.25) is 5.02 Å². The van der Waals surface area contributed by atoms with Gasteiger partial charge in [-0.1, -0.05) is 37.6 Å². The minimum absolute atomic E-state index is 0.0985. The molecule has 0 radical (unpaired) electrons. The Morgan fingerprint density at radius 1 is 1.15 bits per heavy atom. The highest BCUT2D eigenvalue weighted by molar-refractivity contribution is 7.24. The van der Waals surface area contributed by atoms with Crippen LogP contribution in [0.4, 0.5) is 5.00 Å². The molecule has 0 saturated heterocycles. The highest BCUT2D eigenvalue weighted by atomic mass is 35.5. The maximum Gasteiger partial charge on any atom is 0.256 e. The molecule has 3 aromatic rings. The van der Waals surface area contributed by atoms with E-state index in [-0.39, 0.29) is 22.2 Å². The summed E-state index contributed by atoms with van der Waals surface area (Å²) in [6.07, 6.45) is 0. The number of fused-ring (bicyclic) bond motifs is 1. The number of benzene rings is 2. The molecule has 0 bridgehead atoms. The van der Waals surface area contributed by atoms with E-state index in [9.17, 15) is 14.7 Å². The monoisotopic (exact) mass is 388 g/mol. The second-order valence-corrected chi connectivity index (χ2v) is 7.58. The minimum atomic E-state index is -0.677. The number of thiophene rings is 1. The van der Waals surface area contributed by atoms with Gasteiger partial charge in [0.1, 0.15) is 15.8 Å². The van der Waals surface area contributed by atoms with Crippen molar-refractivity contribution in [2.45, 2.75) is 19.8 Å². The smallest absolute Gasteiger partial charge is 0.256 e. The van der Waals surface area contributed by atoms with Crippen molar-refractivity contribution in [2.75, 3.05) is 5.32 Å². The summed E-state index contributed by atoms with van der Waals surface area (Å²) in [6.45, 7) is 4.15. The Morgan fingerprint density at radius 3 is 2.38 bits per heavy atom. The first-order valence-electron chi connectivity index (χ1n) is 7.94. The van der Waals surface area contributed by atoms with E-state index in [1.54, 1.807) is 18.2 Å². The fraction of sp³-hybridized carbons (Fsp3) is 0.158. The normalized spacial score (nSPS) is 11.1. The van der Waals surface area contributed by atoms with E-state index < -0.39 is 5.91 Å². The number of rotatable bonds is 4. The standard InChI is InChI=1S/C19H17ClN2O3S/c1-9(2)10-3-5-11(6-4-10)18(25)22-19-14(17(21)24)12-7-8-13(23)15(20)16(12)26-19/h3-9,23H,1-2H3,(H2,21,24)(H,22,25). The molecule has 7 heteroatoms. The number of anilines is 1. The zero-order valence-corrected chi connectivity index (χ0v) is 15.7. The molecule has 0 aliphatic rings. The quantitative estimate of drug-likeness (QED) is 0.602. The number of aromatic hydroxyl groups is 1. The number of halogens is 1. The van der Waals surface area contributed by atoms with Crippen LogP contribution in [-0.2, 0) is 0 Å². The van der Waals surface area contributed by atoms with Gasteiger partial charge in [0.05, 0.1) is 10.3 Å². The second-order valence-electron chi connectivity index (χ2n) is 6.18. The Kier molecular flexibility index (Phi) is 4.89. The van der Waals surface area contributed by atoms with E-state index in [1.807, 2.05) is 12.1 Å². The summed E-state index contributed by atoms with van der Waals surface area (Å²) in [5.74, 6) is -0.761. The zero-order valence-electron chi connectivity index (χ0n) is 14.2. The first kappa shape index (κ1) is 18.2. The predicted octanol–water partition coefficient (Wildman–Crippen LogP) is 4.73. The van der Waals surface area contributed by atoms with Crippen molar-refractivity contribution in [3.63, 3.8) is 0 Å². The number of phenols is 1. The molecular formula is C19H17ClN2O3S. The van der Waals surface area contributed by atoms with Crippen LogP contribution >= 0.6 is 22.9 Å². The third-order valence-corrected chi connectivity index (χ3v) is 5.72. The number of primary amides is 1. The molecule has 5 nitrogen and oxygen atoms in total. The van der Waals surface area contributed by atoms with Crippen LogP contribution in [-0.4, -0.2) is 16.9 Å². The number of phenolic OH excluding ortho intramolecular Hbond substituents is 1. The largest absolute Gasteiger partial charge is 0.506 e. The van der Waals surface area contributed by atoms with Crippen LogP contribution in [0.1, 0.15) is 46.0 Å². The summed E-state index contributed by atoms with van der Waals surface area (Å²) in [5, 5.41) is 13.4. The van der Waals surface area contributed by atoms with E-state index in [0.717, 1.165) is 16.9 Å². The van der Waals surface area contributed by atoms with E-state index >= 15 is 0 Å². The molecule has 3 rings (SSSR count). The third-order valence-electron chi connectivity index (χ3n) is 4.09. The molecule has 0 fully saturated rings. The number of nitrogens with one attached hydrogen (secondary N) is 1. The molecule has 0 aliphatic heterocycles. The van der Waals surface area contributed by atoms with Crippen molar-refractivity contribution in [3.05, 3.63) is 58.1 Å². The van der Waals surface area contributed by atoms with Gasteiger partial charge in [-0.05, 0) is 35.7 Å². The molecule has 1 heterocycles. The number of hydrogen-bond donors (Lipinski definition) is 3. The molecule has 0 spiro atoms. The number of carbonyl (C=O) groups is 2. The maximum absolute atomic E-state index is 12.6. The lowest BCUT2D eigenvalue weighted by Gasteiger charge is -2.08. The van der Waals surface area contributed by atoms with Gasteiger partial charge in [-0.3, -0.25) is 9.59 Å². The molecule has 1 aromatic heterocycles. The number of carbonyl (C=O) groups excluding carboxylic acids is 2. The molecule has 0 unspecified atom stereocenters. The van der Waals surface area contributed by atoms with Gasteiger partial charge in [0, 0.05) is 10.9 Å². The van der Waals surface area contributed by atoms with Crippen LogP contribution in [0.25, 0.3) is 10.1 Å². The third kappa shape index (κ3) is 3.25. The van der Waals surface area contributed by atoms with Crippen molar-refractivity contribution in [3.8, 4) is 5.75 Å². The molecule has 26 heavy (non-hydrogen) atoms. The number of hydrogen-bond acceptors (Lipinski definition) is 4. The van der Waals surface area contributed by atoms with Crippen molar-refractivity contribution in [1.29, 1.82) is 0 Å². The molecule has 2 aromatic carbocycles. The van der Waals surface area contributed by atoms with Crippen LogP contribution in [0.3, 0.4) is 0 Å². The Balaban J connectivity index is 2.00. The lowest BCUT2D eigenvalue weighted by molar-refractivity contribution is 0.100. The summed E-state index contributed by atoms with van der Waals surface area (Å²) in [7, 11) is 0. The zero-order chi connectivity index (χ0) is 19.0. The molecular weight excluding hydrogens is 372 g/mol. The SMILES string of the molecule is CC(C)c1ccc(C(=O)Nc2sc3c(Cl)c(O)ccc3c2C(N)=O)cc1. The fourth-order valence-corrected chi connectivity index (χ4v) is 4.06. The van der Waals surface area contributed by atoms with E-state index in [2.05, 4.69) is 19.2 Å². The topological polar surface area (TPSA) is 92.4 Å². The van der Waals surface area contributed by atoms with Crippen LogP contribution in [0.15, 0.2) is 36.4 Å². The lowest BCUT2D eigenvalue weighted by Crippen LogP contribution is -2.16. The second kappa shape index (κ2) is 6.97. The van der Waals surface area contributed by atoms with E-state index in [0.29, 0.717) is 26.6 Å². The van der Waals surface area contributed by atoms with E-state index in [1.165, 1.54) is 6.07 Å². The Labute approximate surface area is 159 Å². The van der Waals surface area contributed by atoms with Gasteiger partial charge >= 0.3 is 0 Å². The Morgan fingerprint density at radius 2 is 1.81 bits per heavy atom. The molecule has 0 aliphatic carbocycles. The van der Waals surface area contributed by atoms with Crippen molar-refractivity contribution < 1.29 is 14.7 Å². The van der Waals surface area contributed by atoms with Gasteiger partial charge in [-0.15, -0.1) is 11.3 Å². The highest BCUT2D eigenvalue weighted by Gasteiger charge is 2.21. The average Bonchev–Trinajstić information content (AvgIpc) is 2.97. The summed E-state index contributed by atoms with van der Waals surface area (Å²) in [6, 6.07) is 10.2. The van der Waals surface area contributed by atoms with Gasteiger partial charge < -0.3 is 16.2 Å². The first-order valence-corrected chi connectivity index (χ1v) is 9.14. The van der Waals surface area contributed by atoms with Gasteiger partial charge in [0.25, 0.3) is 11.8 Å². The number of amides is 2. The number of nitrogens with two attached hydrogens (primary N) is 1. The van der Waals surface area contributed by atoms with Crippen LogP contribution < -0.4 is 11.1 Å². The van der Waals surface area contributed by atoms with Gasteiger partial charge in [0.2, 0.25) is 0 Å². The van der Waals surface area contributed by atoms with Crippen molar-refractivity contribution in [2.24, 2.45) is 5.73 Å². The maximum atomic E-state index is 12.6. The van der Waals surface area contributed by atoms with E-state index in [4.69, 9.17) is 17.3 Å². The van der Waals surface area contributed by atoms with Crippen molar-refractivity contribution >= 4 is 49.8 Å². The highest BCUT2D eigenvalue weighted by Crippen LogP contribution is 2.42. The summed E-state index contributed by atoms with van der Waals surface area (Å²) in [5.41, 5.74) is 7.27. The van der Waals surface area contributed by atoms with Crippen molar-refractivity contribution in [1.82, 2.24) is 0 Å². The van der Waals surface area contributed by atoms with Crippen LogP contribution in [0, 0.1) is 0 Å². The summed E-state index contributed by atoms with van der Waals surface area (Å²) in [4.78, 5) is 24.5. The predicted molar refractivity (Wildman–Crippen MR) is 106 cm³/mol. The average molecular weight is 389 g/mol. The molecule has 0 atom stereocenters. The first-order chi connectivity index (χ1) is 12.3. The Hall–Kier alpha value is -2.57. The van der Waals surface area contributed by atoms with Crippen LogP contribution in [0.5, 0.6) is 5.75 Å². The summed E-state index contributed by atoms with van der Waals surface area (Å²) < 4.78 is 0.492. The minimum Gasteiger partial charge on any atom is -0.506 e. The van der Waals surface area contributed by atoms with Gasteiger partial charge in [0.15, 0.2) is 0 Å². The molecule has 134 valence electrons. The molecule has 4 N–H and O–H groups in total. The molecule has 2 amide bonds.